The second-order valence-electron chi connectivity index (χ2n) is 4.40. The van der Waals surface area contributed by atoms with E-state index in [-0.39, 0.29) is 23.5 Å². The van der Waals surface area contributed by atoms with Crippen molar-refractivity contribution in [2.45, 2.75) is 39.7 Å². The van der Waals surface area contributed by atoms with Crippen LogP contribution in [0.15, 0.2) is 12.1 Å². The van der Waals surface area contributed by atoms with Crippen LogP contribution in [0, 0.1) is 0 Å². The highest BCUT2D eigenvalue weighted by molar-refractivity contribution is 5.81. The Kier molecular flexibility index (Phi) is 3.93. The fraction of sp³-hybridized carbons (Fsp3) is 0.462. The molecule has 1 aromatic rings. The molecule has 3 nitrogen and oxygen atoms in total. The zero-order valence-corrected chi connectivity index (χ0v) is 10.2. The van der Waals surface area contributed by atoms with Crippen LogP contribution in [0.1, 0.15) is 49.5 Å². The monoisotopic (exact) mass is 222 g/mol. The molecule has 0 amide bonds. The number of hydrogen-bond donors (Lipinski definition) is 1. The zero-order chi connectivity index (χ0) is 12.3. The molecule has 0 aliphatic rings. The molecule has 0 aliphatic heterocycles. The predicted octanol–water partition coefficient (Wildman–Crippen LogP) is 3.12. The summed E-state index contributed by atoms with van der Waals surface area (Å²) in [5.74, 6) is 0.564. The fourth-order valence-electron chi connectivity index (χ4n) is 1.44. The van der Waals surface area contributed by atoms with Crippen molar-refractivity contribution in [1.29, 1.82) is 0 Å². The molecule has 0 atom stereocenters. The lowest BCUT2D eigenvalue weighted by atomic mass is 10.00. The Morgan fingerprint density at radius 2 is 1.88 bits per heavy atom. The number of phenolic OH excluding ortho intramolecular Hbond substituents is 1. The number of carbonyl (C=O) groups excluding carboxylic acids is 1. The van der Waals surface area contributed by atoms with Crippen LogP contribution in [0.3, 0.4) is 0 Å². The highest BCUT2D eigenvalue weighted by Crippen LogP contribution is 2.34. The minimum Gasteiger partial charge on any atom is -0.504 e. The largest absolute Gasteiger partial charge is 0.504 e. The number of ether oxygens (including phenoxy) is 1. The van der Waals surface area contributed by atoms with E-state index in [1.165, 1.54) is 0 Å². The third kappa shape index (κ3) is 2.75. The third-order valence-corrected chi connectivity index (χ3v) is 2.27. The van der Waals surface area contributed by atoms with E-state index in [1.807, 2.05) is 27.7 Å². The first kappa shape index (κ1) is 12.6. The molecule has 3 heteroatoms. The van der Waals surface area contributed by atoms with E-state index in [4.69, 9.17) is 4.74 Å². The van der Waals surface area contributed by atoms with Gasteiger partial charge in [0.05, 0.1) is 11.7 Å². The SMILES string of the molecule is CC(C)Oc1c(O)cc(C(C)C)cc1C=O. The van der Waals surface area contributed by atoms with Crippen LogP contribution in [-0.4, -0.2) is 17.5 Å². The molecule has 0 fully saturated rings. The number of aromatic hydroxyl groups is 1. The van der Waals surface area contributed by atoms with Gasteiger partial charge in [0.1, 0.15) is 0 Å². The number of benzene rings is 1. The molecule has 1 rings (SSSR count). The summed E-state index contributed by atoms with van der Waals surface area (Å²) < 4.78 is 5.42. The number of phenols is 1. The number of hydrogen-bond acceptors (Lipinski definition) is 3. The van der Waals surface area contributed by atoms with Crippen LogP contribution in [0.2, 0.25) is 0 Å². The molecular weight excluding hydrogens is 204 g/mol. The van der Waals surface area contributed by atoms with Crippen molar-refractivity contribution in [3.05, 3.63) is 23.3 Å². The first-order valence-corrected chi connectivity index (χ1v) is 5.44. The van der Waals surface area contributed by atoms with Crippen molar-refractivity contribution in [2.75, 3.05) is 0 Å². The molecule has 0 radical (unpaired) electrons. The smallest absolute Gasteiger partial charge is 0.171 e. The predicted molar refractivity (Wildman–Crippen MR) is 63.3 cm³/mol. The first-order valence-electron chi connectivity index (χ1n) is 5.44. The average Bonchev–Trinajstić information content (AvgIpc) is 2.19. The fourth-order valence-corrected chi connectivity index (χ4v) is 1.44. The van der Waals surface area contributed by atoms with Gasteiger partial charge in [-0.3, -0.25) is 4.79 Å². The van der Waals surface area contributed by atoms with Gasteiger partial charge in [0.15, 0.2) is 17.8 Å². The zero-order valence-electron chi connectivity index (χ0n) is 10.2. The van der Waals surface area contributed by atoms with Gasteiger partial charge in [-0.15, -0.1) is 0 Å². The Balaban J connectivity index is 3.23. The van der Waals surface area contributed by atoms with E-state index in [9.17, 15) is 9.90 Å². The molecule has 0 aromatic heterocycles. The summed E-state index contributed by atoms with van der Waals surface area (Å²) in [6.45, 7) is 7.72. The summed E-state index contributed by atoms with van der Waals surface area (Å²) in [7, 11) is 0. The van der Waals surface area contributed by atoms with Crippen molar-refractivity contribution in [3.63, 3.8) is 0 Å². The molecule has 88 valence electrons. The van der Waals surface area contributed by atoms with Gasteiger partial charge in [-0.1, -0.05) is 13.8 Å². The second kappa shape index (κ2) is 5.01. The minimum atomic E-state index is -0.0745. The molecule has 16 heavy (non-hydrogen) atoms. The lowest BCUT2D eigenvalue weighted by molar-refractivity contribution is 0.111. The summed E-state index contributed by atoms with van der Waals surface area (Å²) in [5.41, 5.74) is 1.33. The van der Waals surface area contributed by atoms with Crippen molar-refractivity contribution < 1.29 is 14.6 Å². The van der Waals surface area contributed by atoms with Gasteiger partial charge in [-0.25, -0.2) is 0 Å². The van der Waals surface area contributed by atoms with Crippen molar-refractivity contribution >= 4 is 6.29 Å². The maximum atomic E-state index is 10.9. The van der Waals surface area contributed by atoms with Gasteiger partial charge in [-0.2, -0.15) is 0 Å². The average molecular weight is 222 g/mol. The maximum Gasteiger partial charge on any atom is 0.171 e. The Hall–Kier alpha value is -1.51. The van der Waals surface area contributed by atoms with E-state index in [1.54, 1.807) is 12.1 Å². The molecule has 1 aromatic carbocycles. The lowest BCUT2D eigenvalue weighted by Crippen LogP contribution is -2.08. The van der Waals surface area contributed by atoms with E-state index >= 15 is 0 Å². The first-order chi connectivity index (χ1) is 7.45. The Bertz CT molecular complexity index is 381. The van der Waals surface area contributed by atoms with E-state index in [0.717, 1.165) is 5.56 Å². The normalized spacial score (nSPS) is 10.9. The molecule has 0 unspecified atom stereocenters. The summed E-state index contributed by atoms with van der Waals surface area (Å²) in [6.07, 6.45) is 0.637. The quantitative estimate of drug-likeness (QED) is 0.796. The summed E-state index contributed by atoms with van der Waals surface area (Å²) in [4.78, 5) is 10.9. The van der Waals surface area contributed by atoms with Crippen molar-refractivity contribution in [1.82, 2.24) is 0 Å². The molecule has 0 saturated heterocycles. The van der Waals surface area contributed by atoms with Crippen LogP contribution < -0.4 is 4.74 Å². The topological polar surface area (TPSA) is 46.5 Å². The Morgan fingerprint density at radius 3 is 2.31 bits per heavy atom. The number of aldehydes is 1. The maximum absolute atomic E-state index is 10.9. The highest BCUT2D eigenvalue weighted by atomic mass is 16.5. The molecule has 0 aliphatic carbocycles. The lowest BCUT2D eigenvalue weighted by Gasteiger charge is -2.15. The van der Waals surface area contributed by atoms with Gasteiger partial charge in [0.2, 0.25) is 0 Å². The standard InChI is InChI=1S/C13H18O3/c1-8(2)10-5-11(7-14)13(12(15)6-10)16-9(3)4/h5-9,15H,1-4H3. The third-order valence-electron chi connectivity index (χ3n) is 2.27. The van der Waals surface area contributed by atoms with Crippen LogP contribution in [-0.2, 0) is 0 Å². The Labute approximate surface area is 96.1 Å². The molecule has 0 heterocycles. The van der Waals surface area contributed by atoms with Gasteiger partial charge >= 0.3 is 0 Å². The number of rotatable bonds is 4. The van der Waals surface area contributed by atoms with Gasteiger partial charge < -0.3 is 9.84 Å². The highest BCUT2D eigenvalue weighted by Gasteiger charge is 2.14. The van der Waals surface area contributed by atoms with Crippen LogP contribution >= 0.6 is 0 Å². The molecular formula is C13H18O3. The van der Waals surface area contributed by atoms with Crippen molar-refractivity contribution in [3.8, 4) is 11.5 Å². The van der Waals surface area contributed by atoms with Crippen molar-refractivity contribution in [2.24, 2.45) is 0 Å². The summed E-state index contributed by atoms with van der Waals surface area (Å²) >= 11 is 0. The van der Waals surface area contributed by atoms with E-state index in [0.29, 0.717) is 11.8 Å². The molecule has 0 saturated carbocycles. The second-order valence-corrected chi connectivity index (χ2v) is 4.40. The van der Waals surface area contributed by atoms with Crippen LogP contribution in [0.5, 0.6) is 11.5 Å². The van der Waals surface area contributed by atoms with Gasteiger partial charge in [-0.05, 0) is 37.5 Å². The minimum absolute atomic E-state index is 0.0296. The number of carbonyl (C=O) groups is 1. The summed E-state index contributed by atoms with van der Waals surface area (Å²) in [5, 5.41) is 9.82. The molecule has 0 bridgehead atoms. The van der Waals surface area contributed by atoms with E-state index < -0.39 is 0 Å². The Morgan fingerprint density at radius 1 is 1.25 bits per heavy atom. The van der Waals surface area contributed by atoms with E-state index in [2.05, 4.69) is 0 Å². The molecule has 1 N–H and O–H groups in total. The summed E-state index contributed by atoms with van der Waals surface area (Å²) in [6, 6.07) is 3.41. The van der Waals surface area contributed by atoms with Gasteiger partial charge in [0, 0.05) is 0 Å². The molecule has 0 spiro atoms. The van der Waals surface area contributed by atoms with Crippen LogP contribution in [0.4, 0.5) is 0 Å². The van der Waals surface area contributed by atoms with Gasteiger partial charge in [0.25, 0.3) is 0 Å². The van der Waals surface area contributed by atoms with Crippen LogP contribution in [0.25, 0.3) is 0 Å².